The smallest absolute Gasteiger partial charge is 0.410 e. The number of nitrogens with one attached hydrogen (secondary N) is 2. The highest BCUT2D eigenvalue weighted by atomic mass is 16.6. The summed E-state index contributed by atoms with van der Waals surface area (Å²) in [5.74, 6) is -0.306. The van der Waals surface area contributed by atoms with Crippen molar-refractivity contribution in [3.05, 3.63) is 23.9 Å². The largest absolute Gasteiger partial charge is 0.444 e. The minimum absolute atomic E-state index is 0.154. The van der Waals surface area contributed by atoms with Gasteiger partial charge in [-0.15, -0.1) is 0 Å². The molecule has 3 N–H and O–H groups in total. The zero-order valence-corrected chi connectivity index (χ0v) is 20.2. The number of carbonyl (C=O) groups excluding carboxylic acids is 3. The van der Waals surface area contributed by atoms with Crippen LogP contribution in [-0.2, 0) is 9.53 Å². The van der Waals surface area contributed by atoms with E-state index in [2.05, 4.69) is 15.6 Å². The van der Waals surface area contributed by atoms with Crippen LogP contribution in [0.4, 0.5) is 10.6 Å². The molecule has 1 saturated heterocycles. The number of nitrogens with zero attached hydrogens (tertiary/aromatic N) is 2. The monoisotopic (exact) mass is 460 g/mol. The van der Waals surface area contributed by atoms with Crippen molar-refractivity contribution in [2.75, 3.05) is 11.9 Å². The van der Waals surface area contributed by atoms with Gasteiger partial charge in [-0.25, -0.2) is 9.78 Å². The van der Waals surface area contributed by atoms with E-state index in [4.69, 9.17) is 4.74 Å². The van der Waals surface area contributed by atoms with Gasteiger partial charge in [0.15, 0.2) is 0 Å². The molecule has 2 aliphatic rings. The van der Waals surface area contributed by atoms with E-state index in [1.54, 1.807) is 11.0 Å². The summed E-state index contributed by atoms with van der Waals surface area (Å²) in [7, 11) is 0. The summed E-state index contributed by atoms with van der Waals surface area (Å²) in [5.41, 5.74) is -0.751. The molecule has 2 fully saturated rings. The molecule has 1 aromatic heterocycles. The van der Waals surface area contributed by atoms with Gasteiger partial charge in [0.25, 0.3) is 5.91 Å². The van der Waals surface area contributed by atoms with E-state index in [1.807, 2.05) is 27.7 Å². The number of aliphatic hydroxyl groups excluding tert-OH is 1. The quantitative estimate of drug-likeness (QED) is 0.635. The number of ether oxygens (including phenoxy) is 1. The second-order valence-corrected chi connectivity index (χ2v) is 10.4. The second-order valence-electron chi connectivity index (χ2n) is 10.4. The molecule has 3 amide bonds. The molecular weight excluding hydrogens is 424 g/mol. The lowest BCUT2D eigenvalue weighted by molar-refractivity contribution is -0.114. The Bertz CT molecular complexity index is 899. The van der Waals surface area contributed by atoms with Crippen LogP contribution in [0.1, 0.15) is 77.1 Å². The molecule has 0 unspecified atom stereocenters. The van der Waals surface area contributed by atoms with Gasteiger partial charge < -0.3 is 20.5 Å². The van der Waals surface area contributed by atoms with Gasteiger partial charge in [-0.05, 0) is 52.2 Å². The van der Waals surface area contributed by atoms with Crippen molar-refractivity contribution in [3.8, 4) is 0 Å². The predicted molar refractivity (Wildman–Crippen MR) is 124 cm³/mol. The number of fused-ring (bicyclic) bond motifs is 1. The van der Waals surface area contributed by atoms with Crippen LogP contribution in [0.15, 0.2) is 18.3 Å². The lowest BCUT2D eigenvalue weighted by atomic mass is 9.75. The Labute approximate surface area is 195 Å². The van der Waals surface area contributed by atoms with Crippen molar-refractivity contribution in [2.24, 2.45) is 5.41 Å². The second kappa shape index (κ2) is 9.67. The summed E-state index contributed by atoms with van der Waals surface area (Å²) in [6, 6.07) is 2.62. The predicted octanol–water partition coefficient (Wildman–Crippen LogP) is 3.09. The number of carbonyl (C=O) groups is 3. The van der Waals surface area contributed by atoms with E-state index < -0.39 is 23.2 Å². The maximum absolute atomic E-state index is 13.2. The zero-order chi connectivity index (χ0) is 24.4. The van der Waals surface area contributed by atoms with Crippen LogP contribution in [0.5, 0.6) is 0 Å². The molecule has 0 aromatic carbocycles. The average Bonchev–Trinajstić information content (AvgIpc) is 2.92. The molecule has 1 aromatic rings. The topological polar surface area (TPSA) is 121 Å². The first-order valence-electron chi connectivity index (χ1n) is 11.6. The van der Waals surface area contributed by atoms with E-state index in [0.717, 1.165) is 19.3 Å². The average molecular weight is 461 g/mol. The van der Waals surface area contributed by atoms with Crippen LogP contribution in [0.2, 0.25) is 0 Å². The van der Waals surface area contributed by atoms with E-state index >= 15 is 0 Å². The third-order valence-electron chi connectivity index (χ3n) is 6.56. The zero-order valence-electron chi connectivity index (χ0n) is 20.2. The molecule has 3 rings (SSSR count). The van der Waals surface area contributed by atoms with E-state index in [0.29, 0.717) is 24.2 Å². The van der Waals surface area contributed by atoms with Gasteiger partial charge in [0.1, 0.15) is 11.4 Å². The first kappa shape index (κ1) is 25.0. The molecule has 182 valence electrons. The number of pyridine rings is 1. The summed E-state index contributed by atoms with van der Waals surface area (Å²) < 4.78 is 5.71. The first-order chi connectivity index (χ1) is 15.4. The number of amides is 3. The fourth-order valence-electron chi connectivity index (χ4n) is 5.04. The Hall–Kier alpha value is -2.68. The summed E-state index contributed by atoms with van der Waals surface area (Å²) in [6.07, 6.45) is 4.45. The van der Waals surface area contributed by atoms with Crippen molar-refractivity contribution in [2.45, 2.75) is 90.5 Å². The highest BCUT2D eigenvalue weighted by molar-refractivity contribution is 5.96. The van der Waals surface area contributed by atoms with Gasteiger partial charge >= 0.3 is 6.09 Å². The molecule has 1 aliphatic heterocycles. The number of likely N-dealkylation sites (tertiary alicyclic amines) is 1. The molecule has 33 heavy (non-hydrogen) atoms. The van der Waals surface area contributed by atoms with Gasteiger partial charge in [0, 0.05) is 36.7 Å². The maximum Gasteiger partial charge on any atom is 0.410 e. The highest BCUT2D eigenvalue weighted by Gasteiger charge is 2.55. The van der Waals surface area contributed by atoms with E-state index in [9.17, 15) is 19.5 Å². The lowest BCUT2D eigenvalue weighted by Gasteiger charge is -2.37. The Balaban J connectivity index is 1.79. The number of anilines is 1. The standard InChI is InChI=1S/C24H36N4O5/c1-15(29)27-20-12-16(10-11-25-20)21(31)26-14-17-13-24(5)18(8-6-7-9-19(24)30)28(17)22(32)33-23(2,3)4/h10-12,17-19,30H,6-9,13-14H2,1-5H3,(H,26,31)(H,25,27,29)/t17-,18-,19+,24-/m1/s1. The van der Waals surface area contributed by atoms with Crippen molar-refractivity contribution < 1.29 is 24.2 Å². The van der Waals surface area contributed by atoms with Crippen molar-refractivity contribution in [1.29, 1.82) is 0 Å². The van der Waals surface area contributed by atoms with Gasteiger partial charge in [-0.2, -0.15) is 0 Å². The number of aromatic nitrogens is 1. The maximum atomic E-state index is 13.2. The van der Waals surface area contributed by atoms with E-state index in [1.165, 1.54) is 19.2 Å². The SMILES string of the molecule is CC(=O)Nc1cc(C(=O)NC[C@H]2C[C@@]3(C)[C@@H](O)CCCC[C@H]3N2C(=O)OC(C)(C)C)ccn1. The summed E-state index contributed by atoms with van der Waals surface area (Å²) in [5, 5.41) is 16.4. The van der Waals surface area contributed by atoms with Crippen LogP contribution in [-0.4, -0.2) is 63.2 Å². The van der Waals surface area contributed by atoms with Crippen LogP contribution in [0.3, 0.4) is 0 Å². The first-order valence-corrected chi connectivity index (χ1v) is 11.6. The number of hydrogen-bond donors (Lipinski definition) is 3. The summed E-state index contributed by atoms with van der Waals surface area (Å²) >= 11 is 0. The van der Waals surface area contributed by atoms with Gasteiger partial charge in [0.2, 0.25) is 5.91 Å². The van der Waals surface area contributed by atoms with Crippen LogP contribution >= 0.6 is 0 Å². The Kier molecular flexibility index (Phi) is 7.31. The van der Waals surface area contributed by atoms with Crippen LogP contribution in [0, 0.1) is 5.41 Å². The molecule has 2 heterocycles. The molecule has 9 heteroatoms. The highest BCUT2D eigenvalue weighted by Crippen LogP contribution is 2.48. The van der Waals surface area contributed by atoms with Gasteiger partial charge in [-0.3, -0.25) is 14.5 Å². The van der Waals surface area contributed by atoms with Crippen molar-refractivity contribution in [3.63, 3.8) is 0 Å². The van der Waals surface area contributed by atoms with Gasteiger partial charge in [-0.1, -0.05) is 19.8 Å². The fraction of sp³-hybridized carbons (Fsp3) is 0.667. The van der Waals surface area contributed by atoms with Crippen molar-refractivity contribution >= 4 is 23.7 Å². The van der Waals surface area contributed by atoms with Crippen LogP contribution in [0.25, 0.3) is 0 Å². The fourth-order valence-corrected chi connectivity index (χ4v) is 5.04. The van der Waals surface area contributed by atoms with Crippen molar-refractivity contribution in [1.82, 2.24) is 15.2 Å². The minimum Gasteiger partial charge on any atom is -0.444 e. The molecule has 4 atom stereocenters. The molecule has 9 nitrogen and oxygen atoms in total. The molecule has 1 saturated carbocycles. The number of rotatable bonds is 4. The van der Waals surface area contributed by atoms with Crippen LogP contribution < -0.4 is 10.6 Å². The Morgan fingerprint density at radius 2 is 1.97 bits per heavy atom. The number of aliphatic hydroxyl groups is 1. The number of hydrogen-bond acceptors (Lipinski definition) is 6. The molecule has 1 aliphatic carbocycles. The third-order valence-corrected chi connectivity index (χ3v) is 6.56. The van der Waals surface area contributed by atoms with Gasteiger partial charge in [0.05, 0.1) is 12.1 Å². The molecule has 0 spiro atoms. The molecular formula is C24H36N4O5. The molecule has 0 bridgehead atoms. The Morgan fingerprint density at radius 1 is 1.27 bits per heavy atom. The minimum atomic E-state index is -0.648. The van der Waals surface area contributed by atoms with E-state index in [-0.39, 0.29) is 30.4 Å². The third kappa shape index (κ3) is 5.82. The summed E-state index contributed by atoms with van der Waals surface area (Å²) in [4.78, 5) is 43.1. The summed E-state index contributed by atoms with van der Waals surface area (Å²) in [6.45, 7) is 9.12. The Morgan fingerprint density at radius 3 is 2.64 bits per heavy atom. The lowest BCUT2D eigenvalue weighted by Crippen LogP contribution is -2.50. The molecule has 0 radical (unpaired) electrons. The normalized spacial score (nSPS) is 27.3.